The van der Waals surface area contributed by atoms with Crippen molar-refractivity contribution >= 4 is 57.2 Å². The number of benzene rings is 1. The monoisotopic (exact) mass is 529 g/mol. The molecule has 0 radical (unpaired) electrons. The van der Waals surface area contributed by atoms with E-state index in [0.717, 1.165) is 49.1 Å². The Morgan fingerprint density at radius 1 is 1.22 bits per heavy atom. The van der Waals surface area contributed by atoms with E-state index in [-0.39, 0.29) is 24.0 Å². The highest BCUT2D eigenvalue weighted by atomic mass is 127. The Bertz CT molecular complexity index is 749. The van der Waals surface area contributed by atoms with Gasteiger partial charge in [-0.3, -0.25) is 4.99 Å². The number of aliphatic imine (C=N–C) groups is 1. The van der Waals surface area contributed by atoms with Crippen LogP contribution in [-0.4, -0.2) is 70.8 Å². The smallest absolute Gasteiger partial charge is 0.209 e. The zero-order valence-electron chi connectivity index (χ0n) is 16.2. The van der Waals surface area contributed by atoms with Crippen molar-refractivity contribution in [2.45, 2.75) is 19.4 Å². The molecule has 0 aliphatic carbocycles. The maximum Gasteiger partial charge on any atom is 0.209 e. The average Bonchev–Trinajstić information content (AvgIpc) is 2.54. The van der Waals surface area contributed by atoms with Crippen molar-refractivity contribution in [1.82, 2.24) is 14.9 Å². The van der Waals surface area contributed by atoms with E-state index in [9.17, 15) is 8.42 Å². The first-order valence-electron chi connectivity index (χ1n) is 8.55. The van der Waals surface area contributed by atoms with Gasteiger partial charge in [0, 0.05) is 45.3 Å². The summed E-state index contributed by atoms with van der Waals surface area (Å²) in [7, 11) is -1.53. The van der Waals surface area contributed by atoms with Gasteiger partial charge in [0.25, 0.3) is 0 Å². The number of anilines is 1. The Kier molecular flexibility index (Phi) is 9.10. The Labute approximate surface area is 184 Å². The van der Waals surface area contributed by atoms with E-state index < -0.39 is 15.6 Å². The second kappa shape index (κ2) is 10.1. The molecule has 154 valence electrons. The first-order valence-corrected chi connectivity index (χ1v) is 10.8. The molecule has 1 aliphatic heterocycles. The number of guanidine groups is 1. The highest BCUT2D eigenvalue weighted by molar-refractivity contribution is 14.0. The third-order valence-corrected chi connectivity index (χ3v) is 5.38. The largest absolute Gasteiger partial charge is 0.367 e. The van der Waals surface area contributed by atoms with Crippen LogP contribution in [0.15, 0.2) is 29.3 Å². The highest BCUT2D eigenvalue weighted by Gasteiger charge is 2.25. The van der Waals surface area contributed by atoms with Crippen LogP contribution in [0.4, 0.5) is 5.69 Å². The second-order valence-electron chi connectivity index (χ2n) is 7.08. The number of nitrogens with zero attached hydrogens (tertiary/aromatic N) is 3. The molecule has 1 saturated heterocycles. The predicted molar refractivity (Wildman–Crippen MR) is 124 cm³/mol. The minimum atomic E-state index is -3.27. The van der Waals surface area contributed by atoms with Crippen LogP contribution in [0, 0.1) is 0 Å². The normalized spacial score (nSPS) is 16.1. The maximum absolute atomic E-state index is 11.5. The van der Waals surface area contributed by atoms with Gasteiger partial charge in [0.2, 0.25) is 10.0 Å². The summed E-state index contributed by atoms with van der Waals surface area (Å²) in [4.78, 5) is 8.77. The van der Waals surface area contributed by atoms with Crippen LogP contribution in [0.5, 0.6) is 0 Å². The Balaban J connectivity index is 0.00000364. The van der Waals surface area contributed by atoms with Gasteiger partial charge in [0.1, 0.15) is 0 Å². The van der Waals surface area contributed by atoms with E-state index in [1.165, 1.54) is 0 Å². The molecule has 1 aliphatic rings. The van der Waals surface area contributed by atoms with Crippen molar-refractivity contribution in [2.24, 2.45) is 4.99 Å². The lowest BCUT2D eigenvalue weighted by Crippen LogP contribution is -2.56. The van der Waals surface area contributed by atoms with Crippen LogP contribution >= 0.6 is 35.6 Å². The van der Waals surface area contributed by atoms with Crippen LogP contribution in [0.2, 0.25) is 5.02 Å². The molecule has 0 aromatic heterocycles. The van der Waals surface area contributed by atoms with Gasteiger partial charge < -0.3 is 15.1 Å². The van der Waals surface area contributed by atoms with Gasteiger partial charge in [-0.1, -0.05) is 23.7 Å². The standard InChI is InChI=1S/C17H28ClN5O2S.HI/c1-17(2,21-26(4,24)25)13-20-16(19-3)23-11-9-22(10-12-23)15-8-6-5-7-14(15)18;/h5-8,21H,9-13H2,1-4H3,(H,19,20);1H. The zero-order chi connectivity index (χ0) is 19.4. The van der Waals surface area contributed by atoms with Crippen molar-refractivity contribution in [1.29, 1.82) is 0 Å². The first-order chi connectivity index (χ1) is 12.1. The van der Waals surface area contributed by atoms with Crippen molar-refractivity contribution < 1.29 is 8.42 Å². The van der Waals surface area contributed by atoms with Crippen molar-refractivity contribution in [3.8, 4) is 0 Å². The zero-order valence-corrected chi connectivity index (χ0v) is 20.1. The molecule has 1 aromatic carbocycles. The van der Waals surface area contributed by atoms with Gasteiger partial charge in [-0.2, -0.15) is 0 Å². The van der Waals surface area contributed by atoms with Crippen molar-refractivity contribution in [2.75, 3.05) is 50.9 Å². The Hall–Kier alpha value is -0.780. The molecule has 0 amide bonds. The number of rotatable bonds is 5. The first kappa shape index (κ1) is 24.3. The van der Waals surface area contributed by atoms with Gasteiger partial charge in [0.15, 0.2) is 5.96 Å². The fourth-order valence-electron chi connectivity index (χ4n) is 3.04. The van der Waals surface area contributed by atoms with Gasteiger partial charge >= 0.3 is 0 Å². The molecular weight excluding hydrogens is 501 g/mol. The molecule has 0 saturated carbocycles. The minimum Gasteiger partial charge on any atom is -0.367 e. The molecule has 27 heavy (non-hydrogen) atoms. The summed E-state index contributed by atoms with van der Waals surface area (Å²) in [5.74, 6) is 0.771. The molecule has 10 heteroatoms. The summed E-state index contributed by atoms with van der Waals surface area (Å²) < 4.78 is 25.6. The summed E-state index contributed by atoms with van der Waals surface area (Å²) in [5.41, 5.74) is 0.443. The number of halogens is 2. The van der Waals surface area contributed by atoms with E-state index in [0.29, 0.717) is 6.54 Å². The van der Waals surface area contributed by atoms with E-state index in [1.807, 2.05) is 38.1 Å². The van der Waals surface area contributed by atoms with Gasteiger partial charge in [-0.25, -0.2) is 13.1 Å². The lowest BCUT2D eigenvalue weighted by atomic mass is 10.1. The molecule has 2 N–H and O–H groups in total. The molecule has 7 nitrogen and oxygen atoms in total. The second-order valence-corrected chi connectivity index (χ2v) is 9.24. The average molecular weight is 530 g/mol. The fraction of sp³-hybridized carbons (Fsp3) is 0.588. The lowest BCUT2D eigenvalue weighted by molar-refractivity contribution is 0.363. The predicted octanol–water partition coefficient (Wildman–Crippen LogP) is 1.98. The number of sulfonamides is 1. The van der Waals surface area contributed by atoms with Crippen LogP contribution in [0.3, 0.4) is 0 Å². The summed E-state index contributed by atoms with van der Waals surface area (Å²) in [6.45, 7) is 7.42. The summed E-state index contributed by atoms with van der Waals surface area (Å²) >= 11 is 6.29. The van der Waals surface area contributed by atoms with E-state index in [1.54, 1.807) is 7.05 Å². The van der Waals surface area contributed by atoms with Gasteiger partial charge in [-0.05, 0) is 26.0 Å². The topological polar surface area (TPSA) is 77.0 Å². The summed E-state index contributed by atoms with van der Waals surface area (Å²) in [6, 6.07) is 7.86. The fourth-order valence-corrected chi connectivity index (χ4v) is 4.37. The number of hydrogen-bond donors (Lipinski definition) is 2. The Morgan fingerprint density at radius 3 is 2.33 bits per heavy atom. The SMILES string of the molecule is CN=C(NCC(C)(C)NS(C)(=O)=O)N1CCN(c2ccccc2Cl)CC1.I. The number of para-hydroxylation sites is 1. The molecule has 0 spiro atoms. The van der Waals surface area contributed by atoms with Crippen LogP contribution in [0.25, 0.3) is 0 Å². The van der Waals surface area contributed by atoms with Crippen LogP contribution in [-0.2, 0) is 10.0 Å². The molecule has 0 bridgehead atoms. The molecule has 1 fully saturated rings. The van der Waals surface area contributed by atoms with E-state index >= 15 is 0 Å². The summed E-state index contributed by atoms with van der Waals surface area (Å²) in [6.07, 6.45) is 1.16. The third-order valence-electron chi connectivity index (χ3n) is 4.13. The molecular formula is C17H29ClIN5O2S. The van der Waals surface area contributed by atoms with E-state index in [2.05, 4.69) is 24.8 Å². The number of piperazine rings is 1. The van der Waals surface area contributed by atoms with Gasteiger partial charge in [-0.15, -0.1) is 24.0 Å². The Morgan fingerprint density at radius 2 is 1.81 bits per heavy atom. The molecule has 1 heterocycles. The van der Waals surface area contributed by atoms with Gasteiger partial charge in [0.05, 0.1) is 17.0 Å². The van der Waals surface area contributed by atoms with Crippen LogP contribution in [0.1, 0.15) is 13.8 Å². The van der Waals surface area contributed by atoms with Crippen molar-refractivity contribution in [3.63, 3.8) is 0 Å². The van der Waals surface area contributed by atoms with Crippen LogP contribution < -0.4 is 14.9 Å². The molecule has 1 aromatic rings. The lowest BCUT2D eigenvalue weighted by Gasteiger charge is -2.38. The van der Waals surface area contributed by atoms with Crippen molar-refractivity contribution in [3.05, 3.63) is 29.3 Å². The minimum absolute atomic E-state index is 0. The summed E-state index contributed by atoms with van der Waals surface area (Å²) in [5, 5.41) is 4.03. The quantitative estimate of drug-likeness (QED) is 0.347. The highest BCUT2D eigenvalue weighted by Crippen LogP contribution is 2.26. The number of nitrogens with one attached hydrogen (secondary N) is 2. The molecule has 0 unspecified atom stereocenters. The third kappa shape index (κ3) is 7.63. The maximum atomic E-state index is 11.5. The molecule has 2 rings (SSSR count). The van der Waals surface area contributed by atoms with E-state index in [4.69, 9.17) is 11.6 Å². The number of hydrogen-bond acceptors (Lipinski definition) is 4. The molecule has 0 atom stereocenters.